The molecule has 0 aliphatic carbocycles. The van der Waals surface area contributed by atoms with Crippen molar-refractivity contribution >= 4 is 15.9 Å². The number of methoxy groups -OCH3 is 2. The van der Waals surface area contributed by atoms with Crippen LogP contribution in [0.15, 0.2) is 53.4 Å². The Kier molecular flexibility index (Phi) is 6.73. The van der Waals surface area contributed by atoms with Crippen LogP contribution in [0.3, 0.4) is 0 Å². The summed E-state index contributed by atoms with van der Waals surface area (Å²) in [5.41, 5.74) is 0.980. The van der Waals surface area contributed by atoms with Gasteiger partial charge in [0.25, 0.3) is 0 Å². The van der Waals surface area contributed by atoms with E-state index in [1.165, 1.54) is 32.4 Å². The lowest BCUT2D eigenvalue weighted by molar-refractivity contribution is -0.137. The van der Waals surface area contributed by atoms with E-state index in [1.54, 1.807) is 4.90 Å². The van der Waals surface area contributed by atoms with Gasteiger partial charge in [0.1, 0.15) is 22.5 Å². The first-order chi connectivity index (χ1) is 13.9. The number of carbonyl (C=O) groups excluding carboxylic acids is 1. The highest BCUT2D eigenvalue weighted by atomic mass is 32.2. The number of ether oxygens (including phenoxy) is 3. The zero-order chi connectivity index (χ0) is 20.9. The normalized spacial score (nSPS) is 17.0. The molecule has 1 aliphatic heterocycles. The topological polar surface area (TPSA) is 94.2 Å². The number of hydrogen-bond acceptors (Lipinski definition) is 6. The van der Waals surface area contributed by atoms with E-state index >= 15 is 0 Å². The quantitative estimate of drug-likeness (QED) is 0.731. The molecule has 29 heavy (non-hydrogen) atoms. The number of amides is 1. The third kappa shape index (κ3) is 5.06. The smallest absolute Gasteiger partial charge is 0.244 e. The predicted molar refractivity (Wildman–Crippen MR) is 106 cm³/mol. The molecule has 3 rings (SSSR count). The molecule has 8 nitrogen and oxygen atoms in total. The second-order valence-corrected chi connectivity index (χ2v) is 8.19. The van der Waals surface area contributed by atoms with Crippen molar-refractivity contribution in [3.05, 3.63) is 54.1 Å². The third-order valence-electron chi connectivity index (χ3n) is 4.66. The average Bonchev–Trinajstić information content (AvgIpc) is 2.77. The van der Waals surface area contributed by atoms with Crippen molar-refractivity contribution in [3.63, 3.8) is 0 Å². The summed E-state index contributed by atoms with van der Waals surface area (Å²) in [5, 5.41) is 0. The molecule has 1 N–H and O–H groups in total. The van der Waals surface area contributed by atoms with Crippen molar-refractivity contribution in [1.82, 2.24) is 9.62 Å². The van der Waals surface area contributed by atoms with E-state index in [4.69, 9.17) is 14.2 Å². The molecular formula is C20H24N2O6S. The molecule has 1 amide bonds. The first kappa shape index (κ1) is 21.1. The monoisotopic (exact) mass is 420 g/mol. The lowest BCUT2D eigenvalue weighted by Crippen LogP contribution is -2.46. The molecule has 1 saturated heterocycles. The standard InChI is InChI=1S/C20H24N2O6S/c1-26-16-8-9-19(17(12-16)27-2)29(24,25)21-13-20(23)22-10-11-28-18(14-22)15-6-4-3-5-7-15/h3-9,12,18,21H,10-11,13-14H2,1-2H3. The van der Waals surface area contributed by atoms with Gasteiger partial charge in [0.2, 0.25) is 15.9 Å². The van der Waals surface area contributed by atoms with Crippen LogP contribution in [-0.4, -0.2) is 59.7 Å². The fourth-order valence-corrected chi connectivity index (χ4v) is 4.21. The van der Waals surface area contributed by atoms with Gasteiger partial charge in [-0.2, -0.15) is 0 Å². The van der Waals surface area contributed by atoms with Gasteiger partial charge in [0, 0.05) is 12.6 Å². The van der Waals surface area contributed by atoms with Crippen LogP contribution in [0.25, 0.3) is 0 Å². The minimum absolute atomic E-state index is 0.0576. The molecule has 1 heterocycles. The van der Waals surface area contributed by atoms with E-state index < -0.39 is 10.0 Å². The van der Waals surface area contributed by atoms with Crippen molar-refractivity contribution in [1.29, 1.82) is 0 Å². The highest BCUT2D eigenvalue weighted by Crippen LogP contribution is 2.28. The Bertz CT molecular complexity index is 949. The van der Waals surface area contributed by atoms with Crippen LogP contribution >= 0.6 is 0 Å². The average molecular weight is 420 g/mol. The number of nitrogens with one attached hydrogen (secondary N) is 1. The van der Waals surface area contributed by atoms with Crippen LogP contribution in [0, 0.1) is 0 Å². The summed E-state index contributed by atoms with van der Waals surface area (Å²) >= 11 is 0. The molecule has 2 aromatic carbocycles. The van der Waals surface area contributed by atoms with Gasteiger partial charge in [-0.1, -0.05) is 30.3 Å². The van der Waals surface area contributed by atoms with Gasteiger partial charge < -0.3 is 19.1 Å². The molecule has 1 atom stereocenters. The first-order valence-electron chi connectivity index (χ1n) is 9.10. The van der Waals surface area contributed by atoms with E-state index in [0.29, 0.717) is 25.4 Å². The van der Waals surface area contributed by atoms with Gasteiger partial charge in [-0.05, 0) is 17.7 Å². The molecule has 1 aliphatic rings. The van der Waals surface area contributed by atoms with E-state index in [2.05, 4.69) is 4.72 Å². The number of nitrogens with zero attached hydrogens (tertiary/aromatic N) is 1. The molecule has 2 aromatic rings. The van der Waals surface area contributed by atoms with Gasteiger partial charge in [-0.15, -0.1) is 0 Å². The van der Waals surface area contributed by atoms with Crippen LogP contribution in [0.1, 0.15) is 11.7 Å². The number of hydrogen-bond donors (Lipinski definition) is 1. The second-order valence-electron chi connectivity index (χ2n) is 6.45. The highest BCUT2D eigenvalue weighted by Gasteiger charge is 2.27. The molecule has 9 heteroatoms. The zero-order valence-corrected chi connectivity index (χ0v) is 17.1. The largest absolute Gasteiger partial charge is 0.497 e. The summed E-state index contributed by atoms with van der Waals surface area (Å²) in [5.74, 6) is 0.294. The molecule has 0 saturated carbocycles. The highest BCUT2D eigenvalue weighted by molar-refractivity contribution is 7.89. The third-order valence-corrected chi connectivity index (χ3v) is 6.10. The SMILES string of the molecule is COc1ccc(S(=O)(=O)NCC(=O)N2CCOC(c3ccccc3)C2)c(OC)c1. The Hall–Kier alpha value is -2.62. The fourth-order valence-electron chi connectivity index (χ4n) is 3.09. The Balaban J connectivity index is 1.65. The molecule has 0 aromatic heterocycles. The number of benzene rings is 2. The Morgan fingerprint density at radius 2 is 1.93 bits per heavy atom. The van der Waals surface area contributed by atoms with Crippen LogP contribution in [0.2, 0.25) is 0 Å². The number of carbonyl (C=O) groups is 1. The maximum Gasteiger partial charge on any atom is 0.244 e. The molecule has 0 bridgehead atoms. The summed E-state index contributed by atoms with van der Waals surface area (Å²) in [4.78, 5) is 14.1. The number of morpholine rings is 1. The minimum Gasteiger partial charge on any atom is -0.497 e. The summed E-state index contributed by atoms with van der Waals surface area (Å²) in [6, 6.07) is 14.0. The van der Waals surface area contributed by atoms with Crippen molar-refractivity contribution in [2.24, 2.45) is 0 Å². The lowest BCUT2D eigenvalue weighted by Gasteiger charge is -2.33. The van der Waals surface area contributed by atoms with Crippen molar-refractivity contribution in [3.8, 4) is 11.5 Å². The zero-order valence-electron chi connectivity index (χ0n) is 16.3. The predicted octanol–water partition coefficient (Wildman–Crippen LogP) is 1.58. The summed E-state index contributed by atoms with van der Waals surface area (Å²) in [6.45, 7) is 0.829. The van der Waals surface area contributed by atoms with Gasteiger partial charge >= 0.3 is 0 Å². The van der Waals surface area contributed by atoms with Gasteiger partial charge in [0.05, 0.1) is 33.9 Å². The number of sulfonamides is 1. The Labute approximate surface area is 170 Å². The molecule has 0 spiro atoms. The molecule has 1 unspecified atom stereocenters. The molecular weight excluding hydrogens is 396 g/mol. The summed E-state index contributed by atoms with van der Waals surface area (Å²) < 4.78 is 43.7. The minimum atomic E-state index is -3.94. The molecule has 156 valence electrons. The van der Waals surface area contributed by atoms with E-state index in [0.717, 1.165) is 5.56 Å². The Morgan fingerprint density at radius 1 is 1.17 bits per heavy atom. The van der Waals surface area contributed by atoms with Crippen LogP contribution < -0.4 is 14.2 Å². The number of rotatable bonds is 7. The maximum absolute atomic E-state index is 12.7. The van der Waals surface area contributed by atoms with Crippen LogP contribution in [-0.2, 0) is 19.6 Å². The molecule has 1 fully saturated rings. The van der Waals surface area contributed by atoms with Gasteiger partial charge in [-0.25, -0.2) is 13.1 Å². The van der Waals surface area contributed by atoms with Crippen molar-refractivity contribution in [2.45, 2.75) is 11.0 Å². The summed E-state index contributed by atoms with van der Waals surface area (Å²) in [6.07, 6.45) is -0.229. The molecule has 0 radical (unpaired) electrons. The maximum atomic E-state index is 12.7. The van der Waals surface area contributed by atoms with Crippen LogP contribution in [0.5, 0.6) is 11.5 Å². The summed E-state index contributed by atoms with van der Waals surface area (Å²) in [7, 11) is -1.09. The van der Waals surface area contributed by atoms with Crippen molar-refractivity contribution in [2.75, 3.05) is 40.5 Å². The lowest BCUT2D eigenvalue weighted by atomic mass is 10.1. The van der Waals surface area contributed by atoms with Gasteiger partial charge in [-0.3, -0.25) is 4.79 Å². The Morgan fingerprint density at radius 3 is 2.62 bits per heavy atom. The van der Waals surface area contributed by atoms with E-state index in [1.807, 2.05) is 30.3 Å². The first-order valence-corrected chi connectivity index (χ1v) is 10.6. The van der Waals surface area contributed by atoms with Gasteiger partial charge in [0.15, 0.2) is 0 Å². The van der Waals surface area contributed by atoms with Crippen molar-refractivity contribution < 1.29 is 27.4 Å². The fraction of sp³-hybridized carbons (Fsp3) is 0.350. The van der Waals surface area contributed by atoms with Crippen LogP contribution in [0.4, 0.5) is 0 Å². The van der Waals surface area contributed by atoms with E-state index in [-0.39, 0.29) is 29.2 Å². The second kappa shape index (κ2) is 9.25. The van der Waals surface area contributed by atoms with E-state index in [9.17, 15) is 13.2 Å².